The van der Waals surface area contributed by atoms with Crippen LogP contribution in [0.4, 0.5) is 0 Å². The second-order valence-corrected chi connectivity index (χ2v) is 6.37. The van der Waals surface area contributed by atoms with Crippen molar-refractivity contribution in [3.8, 4) is 6.07 Å². The summed E-state index contributed by atoms with van der Waals surface area (Å²) < 4.78 is 0. The largest absolute Gasteiger partial charge is 0.297 e. The van der Waals surface area contributed by atoms with Crippen LogP contribution in [-0.2, 0) is 6.54 Å². The van der Waals surface area contributed by atoms with Crippen LogP contribution in [0.15, 0.2) is 18.2 Å². The summed E-state index contributed by atoms with van der Waals surface area (Å²) >= 11 is 8.28. The molecule has 1 unspecified atom stereocenters. The third kappa shape index (κ3) is 3.41. The minimum atomic E-state index is 0.629. The molecule has 1 aliphatic rings. The minimum Gasteiger partial charge on any atom is -0.297 e. The zero-order chi connectivity index (χ0) is 13.0. The molecule has 2 nitrogen and oxygen atoms in total. The molecule has 0 radical (unpaired) electrons. The van der Waals surface area contributed by atoms with E-state index in [4.69, 9.17) is 16.9 Å². The van der Waals surface area contributed by atoms with Crippen LogP contribution in [0.2, 0.25) is 5.02 Å². The first-order chi connectivity index (χ1) is 8.72. The van der Waals surface area contributed by atoms with Crippen molar-refractivity contribution in [2.75, 3.05) is 18.8 Å². The summed E-state index contributed by atoms with van der Waals surface area (Å²) in [4.78, 5) is 2.46. The molecule has 1 fully saturated rings. The Kier molecular flexibility index (Phi) is 4.94. The minimum absolute atomic E-state index is 0.629. The van der Waals surface area contributed by atoms with Crippen molar-refractivity contribution in [2.45, 2.75) is 25.1 Å². The van der Waals surface area contributed by atoms with Crippen molar-refractivity contribution in [3.63, 3.8) is 0 Å². The molecule has 1 heterocycles. The van der Waals surface area contributed by atoms with E-state index in [1.807, 2.05) is 12.1 Å². The Morgan fingerprint density at radius 2 is 2.39 bits per heavy atom. The Labute approximate surface area is 118 Å². The van der Waals surface area contributed by atoms with Crippen LogP contribution in [-0.4, -0.2) is 29.0 Å². The number of hydrogen-bond acceptors (Lipinski definition) is 3. The molecule has 1 atom stereocenters. The molecule has 0 spiro atoms. The van der Waals surface area contributed by atoms with Gasteiger partial charge < -0.3 is 0 Å². The fraction of sp³-hybridized carbons (Fsp3) is 0.500. The molecule has 0 N–H and O–H groups in total. The molecule has 1 aromatic rings. The standard InChI is InChI=1S/C14H17ClN2S/c1-2-13-10-17(5-6-18-13)9-12-4-3-11(8-16)7-14(12)15/h3-4,7,13H,2,5-6,9-10H2,1H3. The van der Waals surface area contributed by atoms with Gasteiger partial charge in [-0.2, -0.15) is 17.0 Å². The van der Waals surface area contributed by atoms with Crippen LogP contribution in [0.1, 0.15) is 24.5 Å². The van der Waals surface area contributed by atoms with E-state index in [9.17, 15) is 0 Å². The molecule has 18 heavy (non-hydrogen) atoms. The van der Waals surface area contributed by atoms with Gasteiger partial charge in [-0.25, -0.2) is 0 Å². The zero-order valence-corrected chi connectivity index (χ0v) is 12.1. The van der Waals surface area contributed by atoms with E-state index in [0.717, 1.165) is 30.4 Å². The SMILES string of the molecule is CCC1CN(Cc2ccc(C#N)cc2Cl)CCS1. The summed E-state index contributed by atoms with van der Waals surface area (Å²) in [6.45, 7) is 5.40. The fourth-order valence-electron chi connectivity index (χ4n) is 2.16. The smallest absolute Gasteiger partial charge is 0.0992 e. The Hall–Kier alpha value is -0.690. The average Bonchev–Trinajstić information content (AvgIpc) is 2.41. The lowest BCUT2D eigenvalue weighted by Gasteiger charge is -2.32. The Morgan fingerprint density at radius 1 is 1.56 bits per heavy atom. The van der Waals surface area contributed by atoms with Crippen LogP contribution in [0.5, 0.6) is 0 Å². The zero-order valence-electron chi connectivity index (χ0n) is 10.5. The van der Waals surface area contributed by atoms with E-state index in [2.05, 4.69) is 29.7 Å². The summed E-state index contributed by atoms with van der Waals surface area (Å²) in [5, 5.41) is 10.3. The van der Waals surface area contributed by atoms with E-state index >= 15 is 0 Å². The maximum absolute atomic E-state index is 8.82. The van der Waals surface area contributed by atoms with Gasteiger partial charge >= 0.3 is 0 Å². The van der Waals surface area contributed by atoms with Crippen LogP contribution in [0, 0.1) is 11.3 Å². The van der Waals surface area contributed by atoms with Crippen LogP contribution >= 0.6 is 23.4 Å². The number of rotatable bonds is 3. The molecular formula is C14H17ClN2S. The highest BCUT2D eigenvalue weighted by Crippen LogP contribution is 2.25. The molecule has 0 saturated carbocycles. The molecule has 0 amide bonds. The van der Waals surface area contributed by atoms with Gasteiger partial charge in [0.25, 0.3) is 0 Å². The molecule has 4 heteroatoms. The second-order valence-electron chi connectivity index (χ2n) is 4.55. The maximum atomic E-state index is 8.82. The molecule has 0 aromatic heterocycles. The normalized spacial score (nSPS) is 20.6. The molecule has 0 bridgehead atoms. The Balaban J connectivity index is 2.03. The predicted molar refractivity (Wildman–Crippen MR) is 78.0 cm³/mol. The van der Waals surface area contributed by atoms with E-state index in [-0.39, 0.29) is 0 Å². The van der Waals surface area contributed by atoms with E-state index < -0.39 is 0 Å². The summed E-state index contributed by atoms with van der Waals surface area (Å²) in [5.74, 6) is 1.20. The highest BCUT2D eigenvalue weighted by molar-refractivity contribution is 8.00. The fourth-order valence-corrected chi connectivity index (χ4v) is 3.65. The predicted octanol–water partition coefficient (Wildman–Crippen LogP) is 3.54. The first-order valence-electron chi connectivity index (χ1n) is 6.25. The van der Waals surface area contributed by atoms with Gasteiger partial charge in [-0.3, -0.25) is 4.90 Å². The van der Waals surface area contributed by atoms with Crippen LogP contribution < -0.4 is 0 Å². The lowest BCUT2D eigenvalue weighted by atomic mass is 10.1. The van der Waals surface area contributed by atoms with Crippen LogP contribution in [0.25, 0.3) is 0 Å². The Bertz CT molecular complexity index is 456. The van der Waals surface area contributed by atoms with E-state index in [1.165, 1.54) is 12.2 Å². The number of hydrogen-bond donors (Lipinski definition) is 0. The van der Waals surface area contributed by atoms with Gasteiger partial charge in [0.2, 0.25) is 0 Å². The number of nitrogens with zero attached hydrogens (tertiary/aromatic N) is 2. The highest BCUT2D eigenvalue weighted by Gasteiger charge is 2.19. The van der Waals surface area contributed by atoms with Gasteiger partial charge in [0.15, 0.2) is 0 Å². The van der Waals surface area contributed by atoms with Gasteiger partial charge in [0.1, 0.15) is 0 Å². The third-order valence-electron chi connectivity index (χ3n) is 3.25. The van der Waals surface area contributed by atoms with Crippen molar-refractivity contribution in [1.82, 2.24) is 4.90 Å². The molecule has 96 valence electrons. The molecule has 0 aliphatic carbocycles. The number of nitriles is 1. The summed E-state index contributed by atoms with van der Waals surface area (Å²) in [7, 11) is 0. The highest BCUT2D eigenvalue weighted by atomic mass is 35.5. The third-order valence-corrected chi connectivity index (χ3v) is 4.98. The van der Waals surface area contributed by atoms with Crippen LogP contribution in [0.3, 0.4) is 0 Å². The summed E-state index contributed by atoms with van der Waals surface area (Å²) in [5.41, 5.74) is 1.75. The van der Waals surface area contributed by atoms with Gasteiger partial charge in [-0.15, -0.1) is 0 Å². The van der Waals surface area contributed by atoms with Gasteiger partial charge in [-0.05, 0) is 24.1 Å². The van der Waals surface area contributed by atoms with E-state index in [0.29, 0.717) is 10.6 Å². The first kappa shape index (κ1) is 13.7. The number of benzene rings is 1. The van der Waals surface area contributed by atoms with Crippen molar-refractivity contribution in [3.05, 3.63) is 34.3 Å². The molecule has 1 saturated heterocycles. The summed E-state index contributed by atoms with van der Waals surface area (Å²) in [6.07, 6.45) is 1.22. The van der Waals surface area contributed by atoms with Gasteiger partial charge in [-0.1, -0.05) is 24.6 Å². The molecule has 1 aliphatic heterocycles. The Morgan fingerprint density at radius 3 is 3.06 bits per heavy atom. The quantitative estimate of drug-likeness (QED) is 0.847. The molecule has 2 rings (SSSR count). The van der Waals surface area contributed by atoms with Crippen molar-refractivity contribution in [1.29, 1.82) is 5.26 Å². The molecule has 1 aromatic carbocycles. The lowest BCUT2D eigenvalue weighted by molar-refractivity contribution is 0.273. The lowest BCUT2D eigenvalue weighted by Crippen LogP contribution is -2.37. The van der Waals surface area contributed by atoms with Gasteiger partial charge in [0.05, 0.1) is 11.6 Å². The number of thioether (sulfide) groups is 1. The molecular weight excluding hydrogens is 264 g/mol. The van der Waals surface area contributed by atoms with Crippen molar-refractivity contribution in [2.24, 2.45) is 0 Å². The number of halogens is 1. The summed E-state index contributed by atoms with van der Waals surface area (Å²) in [6, 6.07) is 7.69. The van der Waals surface area contributed by atoms with Crippen molar-refractivity contribution >= 4 is 23.4 Å². The van der Waals surface area contributed by atoms with Gasteiger partial charge in [0, 0.05) is 35.7 Å². The topological polar surface area (TPSA) is 27.0 Å². The monoisotopic (exact) mass is 280 g/mol. The second kappa shape index (κ2) is 6.47. The van der Waals surface area contributed by atoms with E-state index in [1.54, 1.807) is 6.07 Å². The first-order valence-corrected chi connectivity index (χ1v) is 7.68. The van der Waals surface area contributed by atoms with Crippen molar-refractivity contribution < 1.29 is 0 Å². The average molecular weight is 281 g/mol. The maximum Gasteiger partial charge on any atom is 0.0992 e.